The van der Waals surface area contributed by atoms with E-state index in [4.69, 9.17) is 4.74 Å². The number of nitrogens with one attached hydrogen (secondary N) is 1. The first-order valence-electron chi connectivity index (χ1n) is 8.58. The summed E-state index contributed by atoms with van der Waals surface area (Å²) in [5, 5.41) is 2.82. The number of benzene rings is 2. The standard InChI is InChI=1S/C21H23NO2S/c1-2-3-13-25-14-12-22-21(23)24-15-20-18-10-6-4-8-16(18)17-9-5-7-11-19(17)20/h2,4-11,20H,1,3,12-15H2,(H,22,23). The van der Waals surface area contributed by atoms with Crippen molar-refractivity contribution in [3.05, 3.63) is 72.3 Å². The van der Waals surface area contributed by atoms with Gasteiger partial charge in [0, 0.05) is 18.2 Å². The van der Waals surface area contributed by atoms with Crippen molar-refractivity contribution in [2.75, 3.05) is 24.7 Å². The average Bonchev–Trinajstić information content (AvgIpc) is 2.97. The van der Waals surface area contributed by atoms with Gasteiger partial charge in [0.2, 0.25) is 0 Å². The molecule has 0 spiro atoms. The van der Waals surface area contributed by atoms with Crippen molar-refractivity contribution < 1.29 is 9.53 Å². The van der Waals surface area contributed by atoms with E-state index in [2.05, 4.69) is 48.3 Å². The molecule has 1 amide bonds. The third-order valence-electron chi connectivity index (χ3n) is 4.33. The second-order valence-electron chi connectivity index (χ2n) is 5.94. The second kappa shape index (κ2) is 8.77. The molecule has 130 valence electrons. The summed E-state index contributed by atoms with van der Waals surface area (Å²) in [6, 6.07) is 16.7. The first kappa shape index (κ1) is 17.6. The van der Waals surface area contributed by atoms with Gasteiger partial charge in [-0.2, -0.15) is 11.8 Å². The van der Waals surface area contributed by atoms with E-state index in [0.29, 0.717) is 13.2 Å². The maximum atomic E-state index is 12.0. The maximum absolute atomic E-state index is 12.0. The highest BCUT2D eigenvalue weighted by atomic mass is 32.2. The summed E-state index contributed by atoms with van der Waals surface area (Å²) in [6.45, 7) is 4.69. The summed E-state index contributed by atoms with van der Waals surface area (Å²) >= 11 is 1.80. The molecule has 1 N–H and O–H groups in total. The van der Waals surface area contributed by atoms with E-state index in [0.717, 1.165) is 17.9 Å². The largest absolute Gasteiger partial charge is 0.449 e. The highest BCUT2D eigenvalue weighted by Gasteiger charge is 2.28. The maximum Gasteiger partial charge on any atom is 0.407 e. The number of rotatable bonds is 8. The minimum Gasteiger partial charge on any atom is -0.449 e. The van der Waals surface area contributed by atoms with Gasteiger partial charge >= 0.3 is 6.09 Å². The van der Waals surface area contributed by atoms with Gasteiger partial charge in [-0.1, -0.05) is 54.6 Å². The van der Waals surface area contributed by atoms with Crippen LogP contribution in [0.1, 0.15) is 23.5 Å². The van der Waals surface area contributed by atoms with Crippen LogP contribution in [0.15, 0.2) is 61.2 Å². The van der Waals surface area contributed by atoms with Crippen LogP contribution in [-0.2, 0) is 4.74 Å². The fourth-order valence-electron chi connectivity index (χ4n) is 3.14. The summed E-state index contributed by atoms with van der Waals surface area (Å²) in [5.41, 5.74) is 4.95. The van der Waals surface area contributed by atoms with Gasteiger partial charge in [-0.15, -0.1) is 6.58 Å². The monoisotopic (exact) mass is 353 g/mol. The Hall–Kier alpha value is -2.20. The summed E-state index contributed by atoms with van der Waals surface area (Å²) in [6.07, 6.45) is 2.56. The van der Waals surface area contributed by atoms with Gasteiger partial charge in [0.15, 0.2) is 0 Å². The van der Waals surface area contributed by atoms with Crippen LogP contribution in [0.5, 0.6) is 0 Å². The number of carbonyl (C=O) groups excluding carboxylic acids is 1. The SMILES string of the molecule is C=CCCSCCNC(=O)OCC1c2ccccc2-c2ccccc21. The van der Waals surface area contributed by atoms with E-state index in [1.54, 1.807) is 11.8 Å². The summed E-state index contributed by atoms with van der Waals surface area (Å²) in [7, 11) is 0. The fourth-order valence-corrected chi connectivity index (χ4v) is 3.93. The molecule has 3 nitrogen and oxygen atoms in total. The van der Waals surface area contributed by atoms with Crippen LogP contribution < -0.4 is 5.32 Å². The van der Waals surface area contributed by atoms with Gasteiger partial charge in [0.25, 0.3) is 0 Å². The van der Waals surface area contributed by atoms with Crippen LogP contribution in [-0.4, -0.2) is 30.8 Å². The van der Waals surface area contributed by atoms with Crippen LogP contribution in [0, 0.1) is 0 Å². The van der Waals surface area contributed by atoms with Crippen molar-refractivity contribution in [1.29, 1.82) is 0 Å². The predicted molar refractivity (Wildman–Crippen MR) is 105 cm³/mol. The smallest absolute Gasteiger partial charge is 0.407 e. The van der Waals surface area contributed by atoms with Crippen molar-refractivity contribution in [3.63, 3.8) is 0 Å². The number of carbonyl (C=O) groups is 1. The molecule has 25 heavy (non-hydrogen) atoms. The summed E-state index contributed by atoms with van der Waals surface area (Å²) < 4.78 is 5.49. The van der Waals surface area contributed by atoms with Crippen molar-refractivity contribution in [3.8, 4) is 11.1 Å². The minimum absolute atomic E-state index is 0.111. The first-order chi connectivity index (χ1) is 12.3. The Morgan fingerprint density at radius 1 is 1.08 bits per heavy atom. The van der Waals surface area contributed by atoms with Crippen LogP contribution in [0.25, 0.3) is 11.1 Å². The zero-order valence-electron chi connectivity index (χ0n) is 14.2. The Morgan fingerprint density at radius 3 is 2.36 bits per heavy atom. The summed E-state index contributed by atoms with van der Waals surface area (Å²) in [5.74, 6) is 2.04. The number of allylic oxidation sites excluding steroid dienone is 1. The highest BCUT2D eigenvalue weighted by molar-refractivity contribution is 7.99. The number of thioether (sulfide) groups is 1. The topological polar surface area (TPSA) is 38.3 Å². The normalized spacial score (nSPS) is 12.3. The van der Waals surface area contributed by atoms with E-state index in [1.165, 1.54) is 22.3 Å². The number of ether oxygens (including phenoxy) is 1. The number of hydrogen-bond donors (Lipinski definition) is 1. The Labute approximate surface area is 153 Å². The lowest BCUT2D eigenvalue weighted by Crippen LogP contribution is -2.28. The summed E-state index contributed by atoms with van der Waals surface area (Å²) in [4.78, 5) is 12.0. The average molecular weight is 353 g/mol. The van der Waals surface area contributed by atoms with Crippen LogP contribution in [0.4, 0.5) is 4.79 Å². The van der Waals surface area contributed by atoms with E-state index < -0.39 is 0 Å². The zero-order valence-corrected chi connectivity index (χ0v) is 15.1. The molecule has 0 fully saturated rings. The Bertz CT molecular complexity index is 699. The molecule has 0 aromatic heterocycles. The van der Waals surface area contributed by atoms with Crippen LogP contribution in [0.3, 0.4) is 0 Å². The van der Waals surface area contributed by atoms with E-state index in [-0.39, 0.29) is 12.0 Å². The molecule has 1 aliphatic carbocycles. The lowest BCUT2D eigenvalue weighted by atomic mass is 9.98. The fraction of sp³-hybridized carbons (Fsp3) is 0.286. The van der Waals surface area contributed by atoms with Gasteiger partial charge in [-0.3, -0.25) is 0 Å². The molecule has 0 aliphatic heterocycles. The molecule has 2 aromatic rings. The van der Waals surface area contributed by atoms with Crippen molar-refractivity contribution in [1.82, 2.24) is 5.32 Å². The molecule has 0 unspecified atom stereocenters. The quantitative estimate of drug-likeness (QED) is 0.545. The predicted octanol–water partition coefficient (Wildman–Crippen LogP) is 4.83. The third kappa shape index (κ3) is 4.26. The minimum atomic E-state index is -0.341. The van der Waals surface area contributed by atoms with E-state index in [9.17, 15) is 4.79 Å². The number of fused-ring (bicyclic) bond motifs is 3. The van der Waals surface area contributed by atoms with Gasteiger partial charge < -0.3 is 10.1 Å². The van der Waals surface area contributed by atoms with Crippen LogP contribution >= 0.6 is 11.8 Å². The van der Waals surface area contributed by atoms with Gasteiger partial charge in [-0.05, 0) is 34.4 Å². The molecular formula is C21H23NO2S. The van der Waals surface area contributed by atoms with Crippen molar-refractivity contribution in [2.45, 2.75) is 12.3 Å². The van der Waals surface area contributed by atoms with E-state index in [1.807, 2.05) is 18.2 Å². The Kier molecular flexibility index (Phi) is 6.18. The Balaban J connectivity index is 1.53. The number of amides is 1. The highest BCUT2D eigenvalue weighted by Crippen LogP contribution is 2.44. The van der Waals surface area contributed by atoms with Crippen molar-refractivity contribution in [2.24, 2.45) is 0 Å². The molecule has 3 rings (SSSR count). The van der Waals surface area contributed by atoms with Gasteiger partial charge in [0.05, 0.1) is 0 Å². The van der Waals surface area contributed by atoms with Gasteiger partial charge in [0.1, 0.15) is 6.61 Å². The van der Waals surface area contributed by atoms with E-state index >= 15 is 0 Å². The number of hydrogen-bond acceptors (Lipinski definition) is 3. The molecule has 0 atom stereocenters. The molecule has 0 heterocycles. The lowest BCUT2D eigenvalue weighted by molar-refractivity contribution is 0.143. The molecular weight excluding hydrogens is 330 g/mol. The number of alkyl carbamates (subject to hydrolysis) is 1. The molecule has 0 radical (unpaired) electrons. The van der Waals surface area contributed by atoms with Crippen LogP contribution in [0.2, 0.25) is 0 Å². The third-order valence-corrected chi connectivity index (χ3v) is 5.34. The molecule has 0 bridgehead atoms. The molecule has 0 saturated heterocycles. The first-order valence-corrected chi connectivity index (χ1v) is 9.74. The Morgan fingerprint density at radius 2 is 1.72 bits per heavy atom. The molecule has 1 aliphatic rings. The molecule has 4 heteroatoms. The van der Waals surface area contributed by atoms with Gasteiger partial charge in [-0.25, -0.2) is 4.79 Å². The molecule has 0 saturated carbocycles. The lowest BCUT2D eigenvalue weighted by Gasteiger charge is -2.14. The zero-order chi connectivity index (χ0) is 17.5. The molecule has 2 aromatic carbocycles. The van der Waals surface area contributed by atoms with Crippen molar-refractivity contribution >= 4 is 17.9 Å². The second-order valence-corrected chi connectivity index (χ2v) is 7.17.